The van der Waals surface area contributed by atoms with Gasteiger partial charge in [0.25, 0.3) is 10.0 Å². The molecule has 0 bridgehead atoms. The standard InChI is InChI=1S/C37H38BrCl2N3O4S/c1-26-12-19-32(20-13-26)48(46,47)43(31-17-15-29(38)16-18-31)25-36(44)42(24-28-14-21-33(39)34(40)22-28)35(23-27-8-4-2-5-9-27)37(45)41-30-10-6-3-7-11-30/h2,4-5,8-9,12-22,30,35H,3,6-7,10-11,23-25H2,1H3,(H,41,45). The van der Waals surface area contributed by atoms with Crippen LogP contribution in [0.5, 0.6) is 0 Å². The topological polar surface area (TPSA) is 86.8 Å². The van der Waals surface area contributed by atoms with Gasteiger partial charge in [0.2, 0.25) is 11.8 Å². The van der Waals surface area contributed by atoms with Crippen LogP contribution in [0.2, 0.25) is 10.0 Å². The Bertz CT molecular complexity index is 1820. The second-order valence-corrected chi connectivity index (χ2v) is 15.7. The highest BCUT2D eigenvalue weighted by Crippen LogP contribution is 2.28. The molecule has 1 aliphatic rings. The maximum absolute atomic E-state index is 14.7. The molecule has 11 heteroatoms. The normalized spacial score (nSPS) is 14.2. The zero-order valence-electron chi connectivity index (χ0n) is 26.6. The number of aryl methyl sites for hydroxylation is 1. The Morgan fingerprint density at radius 2 is 1.52 bits per heavy atom. The van der Waals surface area contributed by atoms with Gasteiger partial charge in [-0.2, -0.15) is 0 Å². The van der Waals surface area contributed by atoms with Crippen molar-refractivity contribution in [1.29, 1.82) is 0 Å². The van der Waals surface area contributed by atoms with Gasteiger partial charge < -0.3 is 10.2 Å². The van der Waals surface area contributed by atoms with Crippen molar-refractivity contribution in [3.8, 4) is 0 Å². The fourth-order valence-electron chi connectivity index (χ4n) is 5.91. The van der Waals surface area contributed by atoms with E-state index in [1.807, 2.05) is 37.3 Å². The fraction of sp³-hybridized carbons (Fsp3) is 0.297. The first-order valence-electron chi connectivity index (χ1n) is 15.9. The first-order valence-corrected chi connectivity index (χ1v) is 18.9. The number of halogens is 3. The van der Waals surface area contributed by atoms with Crippen molar-refractivity contribution in [3.63, 3.8) is 0 Å². The van der Waals surface area contributed by atoms with Crippen LogP contribution in [-0.4, -0.2) is 43.8 Å². The number of carbonyl (C=O) groups is 2. The third-order valence-corrected chi connectivity index (χ3v) is 11.6. The van der Waals surface area contributed by atoms with E-state index in [1.54, 1.807) is 54.6 Å². The Morgan fingerprint density at radius 3 is 2.17 bits per heavy atom. The number of rotatable bonds is 12. The zero-order valence-corrected chi connectivity index (χ0v) is 30.5. The van der Waals surface area contributed by atoms with Crippen LogP contribution in [0.25, 0.3) is 0 Å². The van der Waals surface area contributed by atoms with E-state index >= 15 is 0 Å². The summed E-state index contributed by atoms with van der Waals surface area (Å²) in [5.74, 6) is -0.824. The highest BCUT2D eigenvalue weighted by molar-refractivity contribution is 9.10. The maximum Gasteiger partial charge on any atom is 0.264 e. The molecule has 5 rings (SSSR count). The Kier molecular flexibility index (Phi) is 12.2. The number of benzene rings is 4. The van der Waals surface area contributed by atoms with E-state index in [4.69, 9.17) is 23.2 Å². The summed E-state index contributed by atoms with van der Waals surface area (Å²) >= 11 is 16.0. The predicted octanol–water partition coefficient (Wildman–Crippen LogP) is 8.35. The smallest absolute Gasteiger partial charge is 0.264 e. The number of nitrogens with one attached hydrogen (secondary N) is 1. The van der Waals surface area contributed by atoms with Gasteiger partial charge in [-0.1, -0.05) is 112 Å². The van der Waals surface area contributed by atoms with Crippen molar-refractivity contribution in [2.75, 3.05) is 10.8 Å². The van der Waals surface area contributed by atoms with Crippen molar-refractivity contribution in [2.45, 2.75) is 69.0 Å². The van der Waals surface area contributed by atoms with Crippen LogP contribution in [0, 0.1) is 6.92 Å². The van der Waals surface area contributed by atoms with Gasteiger partial charge in [0.15, 0.2) is 0 Å². The third kappa shape index (κ3) is 9.20. The quantitative estimate of drug-likeness (QED) is 0.157. The van der Waals surface area contributed by atoms with Crippen LogP contribution in [0.1, 0.15) is 48.8 Å². The molecule has 0 spiro atoms. The highest BCUT2D eigenvalue weighted by atomic mass is 79.9. The predicted molar refractivity (Wildman–Crippen MR) is 196 cm³/mol. The number of amides is 2. The van der Waals surface area contributed by atoms with E-state index in [0.717, 1.165) is 52.0 Å². The van der Waals surface area contributed by atoms with Crippen molar-refractivity contribution in [1.82, 2.24) is 10.2 Å². The first kappa shape index (κ1) is 35.9. The lowest BCUT2D eigenvalue weighted by molar-refractivity contribution is -0.140. The molecule has 0 aliphatic heterocycles. The number of hydrogen-bond donors (Lipinski definition) is 1. The van der Waals surface area contributed by atoms with Gasteiger partial charge in [-0.05, 0) is 79.4 Å². The number of anilines is 1. The summed E-state index contributed by atoms with van der Waals surface area (Å²) in [4.78, 5) is 30.4. The van der Waals surface area contributed by atoms with Gasteiger partial charge in [-0.25, -0.2) is 8.42 Å². The van der Waals surface area contributed by atoms with Gasteiger partial charge >= 0.3 is 0 Å². The molecule has 1 atom stereocenters. The first-order chi connectivity index (χ1) is 23.0. The monoisotopic (exact) mass is 769 g/mol. The van der Waals surface area contributed by atoms with Crippen molar-refractivity contribution >= 4 is 66.7 Å². The summed E-state index contributed by atoms with van der Waals surface area (Å²) in [7, 11) is -4.19. The largest absolute Gasteiger partial charge is 0.352 e. The van der Waals surface area contributed by atoms with Gasteiger partial charge in [0.1, 0.15) is 12.6 Å². The van der Waals surface area contributed by atoms with Gasteiger partial charge in [-0.15, -0.1) is 0 Å². The van der Waals surface area contributed by atoms with Gasteiger partial charge in [-0.3, -0.25) is 13.9 Å². The van der Waals surface area contributed by atoms with Crippen molar-refractivity contribution in [2.24, 2.45) is 0 Å². The molecule has 0 aromatic heterocycles. The molecule has 4 aromatic carbocycles. The minimum atomic E-state index is -4.19. The van der Waals surface area contributed by atoms with E-state index < -0.39 is 28.5 Å². The number of nitrogens with zero attached hydrogens (tertiary/aromatic N) is 2. The second-order valence-electron chi connectivity index (χ2n) is 12.1. The number of hydrogen-bond acceptors (Lipinski definition) is 4. The lowest BCUT2D eigenvalue weighted by Crippen LogP contribution is -2.55. The van der Waals surface area contributed by atoms with Crippen LogP contribution in [-0.2, 0) is 32.6 Å². The molecular weight excluding hydrogens is 733 g/mol. The van der Waals surface area contributed by atoms with Crippen LogP contribution in [0.15, 0.2) is 106 Å². The highest BCUT2D eigenvalue weighted by Gasteiger charge is 2.35. The average Bonchev–Trinajstić information content (AvgIpc) is 3.08. The van der Waals surface area contributed by atoms with E-state index in [0.29, 0.717) is 21.3 Å². The summed E-state index contributed by atoms with van der Waals surface area (Å²) < 4.78 is 30.3. The van der Waals surface area contributed by atoms with Crippen molar-refractivity contribution in [3.05, 3.63) is 128 Å². The Morgan fingerprint density at radius 1 is 0.854 bits per heavy atom. The molecule has 252 valence electrons. The molecule has 1 fully saturated rings. The van der Waals surface area contributed by atoms with Crippen LogP contribution in [0.3, 0.4) is 0 Å². The van der Waals surface area contributed by atoms with Crippen LogP contribution in [0.4, 0.5) is 5.69 Å². The number of carbonyl (C=O) groups excluding carboxylic acids is 2. The molecule has 0 radical (unpaired) electrons. The van der Waals surface area contributed by atoms with E-state index in [-0.39, 0.29) is 29.8 Å². The Labute approximate surface area is 301 Å². The molecule has 0 heterocycles. The lowest BCUT2D eigenvalue weighted by atomic mass is 9.94. The SMILES string of the molecule is Cc1ccc(S(=O)(=O)N(CC(=O)N(Cc2ccc(Cl)c(Cl)c2)C(Cc2ccccc2)C(=O)NC2CCCCC2)c2ccc(Br)cc2)cc1. The fourth-order valence-corrected chi connectivity index (χ4v) is 7.91. The van der Waals surface area contributed by atoms with E-state index in [1.165, 1.54) is 17.0 Å². The molecule has 4 aromatic rings. The minimum absolute atomic E-state index is 0.00403. The molecule has 7 nitrogen and oxygen atoms in total. The molecule has 1 saturated carbocycles. The lowest BCUT2D eigenvalue weighted by Gasteiger charge is -2.35. The summed E-state index contributed by atoms with van der Waals surface area (Å²) in [6, 6.07) is 26.9. The maximum atomic E-state index is 14.7. The van der Waals surface area contributed by atoms with E-state index in [9.17, 15) is 18.0 Å². The second kappa shape index (κ2) is 16.4. The third-order valence-electron chi connectivity index (χ3n) is 8.56. The molecule has 1 aliphatic carbocycles. The molecular formula is C37H38BrCl2N3O4S. The molecule has 48 heavy (non-hydrogen) atoms. The van der Waals surface area contributed by atoms with Gasteiger partial charge in [0, 0.05) is 23.5 Å². The minimum Gasteiger partial charge on any atom is -0.352 e. The molecule has 1 unspecified atom stereocenters. The van der Waals surface area contributed by atoms with Gasteiger partial charge in [0.05, 0.1) is 20.6 Å². The summed E-state index contributed by atoms with van der Waals surface area (Å²) in [6.07, 6.45) is 5.16. The summed E-state index contributed by atoms with van der Waals surface area (Å²) in [5.41, 5.74) is 2.73. The Balaban J connectivity index is 1.57. The number of sulfonamides is 1. The molecule has 0 saturated heterocycles. The summed E-state index contributed by atoms with van der Waals surface area (Å²) in [6.45, 7) is 1.34. The van der Waals surface area contributed by atoms with Crippen molar-refractivity contribution < 1.29 is 18.0 Å². The Hall–Kier alpha value is -3.37. The molecule has 1 N–H and O–H groups in total. The van der Waals surface area contributed by atoms with Crippen LogP contribution < -0.4 is 9.62 Å². The summed E-state index contributed by atoms with van der Waals surface area (Å²) in [5, 5.41) is 3.89. The molecule has 2 amide bonds. The average molecular weight is 772 g/mol. The van der Waals surface area contributed by atoms with Crippen LogP contribution >= 0.6 is 39.1 Å². The van der Waals surface area contributed by atoms with E-state index in [2.05, 4.69) is 21.2 Å². The zero-order chi connectivity index (χ0) is 34.3.